The minimum absolute atomic E-state index is 0.00755. The summed E-state index contributed by atoms with van der Waals surface area (Å²) in [5.41, 5.74) is 0.00755. The van der Waals surface area contributed by atoms with Gasteiger partial charge in [-0.25, -0.2) is 8.78 Å². The van der Waals surface area contributed by atoms with E-state index in [1.54, 1.807) is 0 Å². The summed E-state index contributed by atoms with van der Waals surface area (Å²) >= 11 is 0. The zero-order chi connectivity index (χ0) is 9.97. The van der Waals surface area contributed by atoms with E-state index in [0.717, 1.165) is 12.3 Å². The van der Waals surface area contributed by atoms with Crippen molar-refractivity contribution in [2.75, 3.05) is 11.9 Å². The third-order valence-electron chi connectivity index (χ3n) is 2.51. The first kappa shape index (κ1) is 9.44. The van der Waals surface area contributed by atoms with Crippen LogP contribution in [0.25, 0.3) is 0 Å². The maximum absolute atomic E-state index is 13.1. The Bertz CT molecular complexity index is 301. The normalized spacial score (nSPS) is 15.6. The van der Waals surface area contributed by atoms with E-state index in [9.17, 15) is 8.78 Å². The van der Waals surface area contributed by atoms with E-state index in [-0.39, 0.29) is 5.69 Å². The largest absolute Gasteiger partial charge is 0.380 e. The van der Waals surface area contributed by atoms with Gasteiger partial charge in [-0.1, -0.05) is 18.9 Å². The summed E-state index contributed by atoms with van der Waals surface area (Å²) in [6.07, 6.45) is 3.54. The summed E-state index contributed by atoms with van der Waals surface area (Å²) in [4.78, 5) is 0. The summed E-state index contributed by atoms with van der Waals surface area (Å²) in [5.74, 6) is -0.251. The van der Waals surface area contributed by atoms with Crippen LogP contribution >= 0.6 is 0 Å². The first-order valence-corrected chi connectivity index (χ1v) is 4.95. The van der Waals surface area contributed by atoms with Crippen molar-refractivity contribution in [3.8, 4) is 0 Å². The maximum atomic E-state index is 13.1. The number of anilines is 1. The zero-order valence-electron chi connectivity index (χ0n) is 7.89. The van der Waals surface area contributed by atoms with Crippen LogP contribution in [0.3, 0.4) is 0 Å². The van der Waals surface area contributed by atoms with Crippen LogP contribution in [0.2, 0.25) is 0 Å². The highest BCUT2D eigenvalue weighted by Crippen LogP contribution is 2.32. The second-order valence-corrected chi connectivity index (χ2v) is 3.76. The molecule has 1 aromatic carbocycles. The highest BCUT2D eigenvalue weighted by molar-refractivity contribution is 5.45. The van der Waals surface area contributed by atoms with Crippen LogP contribution < -0.4 is 5.32 Å². The Hall–Kier alpha value is -1.12. The summed E-state index contributed by atoms with van der Waals surface area (Å²) in [5, 5.41) is 2.80. The lowest BCUT2D eigenvalue weighted by Crippen LogP contribution is -2.05. The first-order valence-electron chi connectivity index (χ1n) is 4.95. The number of halogens is 2. The third kappa shape index (κ3) is 2.22. The lowest BCUT2D eigenvalue weighted by atomic mass is 10.2. The van der Waals surface area contributed by atoms with Crippen molar-refractivity contribution in [2.45, 2.75) is 19.3 Å². The molecule has 76 valence electrons. The Balaban J connectivity index is 1.92. The van der Waals surface area contributed by atoms with Crippen molar-refractivity contribution in [3.63, 3.8) is 0 Å². The topological polar surface area (TPSA) is 12.0 Å². The van der Waals surface area contributed by atoms with Gasteiger partial charge in [-0.15, -0.1) is 0 Å². The number of hydrogen-bond acceptors (Lipinski definition) is 1. The summed E-state index contributed by atoms with van der Waals surface area (Å²) in [6.45, 7) is 0.655. The van der Waals surface area contributed by atoms with Crippen LogP contribution in [-0.2, 0) is 0 Å². The second-order valence-electron chi connectivity index (χ2n) is 3.76. The van der Waals surface area contributed by atoms with Gasteiger partial charge in [0, 0.05) is 6.54 Å². The smallest absolute Gasteiger partial charge is 0.149 e. The molecule has 1 aliphatic rings. The summed E-state index contributed by atoms with van der Waals surface area (Å²) in [6, 6.07) is 3.90. The number of para-hydroxylation sites is 1. The van der Waals surface area contributed by atoms with E-state index >= 15 is 0 Å². The van der Waals surface area contributed by atoms with Gasteiger partial charge in [-0.05, 0) is 24.5 Å². The van der Waals surface area contributed by atoms with Gasteiger partial charge in [-0.3, -0.25) is 0 Å². The molecular weight excluding hydrogens is 184 g/mol. The van der Waals surface area contributed by atoms with Gasteiger partial charge in [0.15, 0.2) is 0 Å². The van der Waals surface area contributed by atoms with E-state index in [4.69, 9.17) is 0 Å². The molecule has 0 bridgehead atoms. The standard InChI is InChI=1S/C11H13F2N/c12-9-2-1-3-10(13)11(9)14-7-6-8-4-5-8/h1-3,8,14H,4-7H2. The van der Waals surface area contributed by atoms with Crippen LogP contribution in [0, 0.1) is 17.6 Å². The lowest BCUT2D eigenvalue weighted by Gasteiger charge is -2.07. The molecule has 0 saturated heterocycles. The molecule has 0 amide bonds. The molecule has 1 fully saturated rings. The van der Waals surface area contributed by atoms with Crippen molar-refractivity contribution in [3.05, 3.63) is 29.8 Å². The Kier molecular flexibility index (Phi) is 2.66. The highest BCUT2D eigenvalue weighted by Gasteiger charge is 2.20. The molecule has 1 nitrogen and oxygen atoms in total. The van der Waals surface area contributed by atoms with Crippen LogP contribution in [0.1, 0.15) is 19.3 Å². The average Bonchev–Trinajstić information content (AvgIpc) is 2.94. The van der Waals surface area contributed by atoms with Crippen molar-refractivity contribution >= 4 is 5.69 Å². The summed E-state index contributed by atoms with van der Waals surface area (Å²) < 4.78 is 26.2. The van der Waals surface area contributed by atoms with Crippen LogP contribution in [0.15, 0.2) is 18.2 Å². The van der Waals surface area contributed by atoms with E-state index in [1.165, 1.54) is 31.0 Å². The number of nitrogens with one attached hydrogen (secondary N) is 1. The molecule has 0 aromatic heterocycles. The molecule has 0 spiro atoms. The van der Waals surface area contributed by atoms with Crippen LogP contribution in [0.5, 0.6) is 0 Å². The SMILES string of the molecule is Fc1cccc(F)c1NCCC1CC1. The highest BCUT2D eigenvalue weighted by atomic mass is 19.1. The number of benzene rings is 1. The minimum Gasteiger partial charge on any atom is -0.380 e. The Morgan fingerprint density at radius 2 is 1.86 bits per heavy atom. The van der Waals surface area contributed by atoms with E-state index in [2.05, 4.69) is 5.32 Å². The predicted octanol–water partition coefficient (Wildman–Crippen LogP) is 3.18. The number of hydrogen-bond donors (Lipinski definition) is 1. The molecule has 1 saturated carbocycles. The maximum Gasteiger partial charge on any atom is 0.149 e. The van der Waals surface area contributed by atoms with Gasteiger partial charge < -0.3 is 5.32 Å². The van der Waals surface area contributed by atoms with Gasteiger partial charge in [0.1, 0.15) is 17.3 Å². The molecule has 0 atom stereocenters. The second kappa shape index (κ2) is 3.95. The molecule has 1 aliphatic carbocycles. The van der Waals surface area contributed by atoms with Gasteiger partial charge in [-0.2, -0.15) is 0 Å². The Morgan fingerprint density at radius 1 is 1.21 bits per heavy atom. The van der Waals surface area contributed by atoms with Gasteiger partial charge in [0.25, 0.3) is 0 Å². The van der Waals surface area contributed by atoms with E-state index < -0.39 is 11.6 Å². The predicted molar refractivity (Wildman–Crippen MR) is 52.2 cm³/mol. The third-order valence-corrected chi connectivity index (χ3v) is 2.51. The molecule has 0 aliphatic heterocycles. The average molecular weight is 197 g/mol. The van der Waals surface area contributed by atoms with Crippen molar-refractivity contribution in [1.82, 2.24) is 0 Å². The molecule has 0 unspecified atom stereocenters. The fourth-order valence-corrected chi connectivity index (χ4v) is 1.47. The lowest BCUT2D eigenvalue weighted by molar-refractivity contribution is 0.586. The minimum atomic E-state index is -0.513. The molecule has 1 aromatic rings. The van der Waals surface area contributed by atoms with Crippen molar-refractivity contribution in [2.24, 2.45) is 5.92 Å². The Morgan fingerprint density at radius 3 is 2.43 bits per heavy atom. The molecule has 3 heteroatoms. The molecule has 14 heavy (non-hydrogen) atoms. The molecule has 1 N–H and O–H groups in total. The fourth-order valence-electron chi connectivity index (χ4n) is 1.47. The van der Waals surface area contributed by atoms with Crippen molar-refractivity contribution < 1.29 is 8.78 Å². The monoisotopic (exact) mass is 197 g/mol. The molecule has 2 rings (SSSR count). The molecule has 0 heterocycles. The molecular formula is C11H13F2N. The van der Waals surface area contributed by atoms with Gasteiger partial charge >= 0.3 is 0 Å². The van der Waals surface area contributed by atoms with Crippen LogP contribution in [0.4, 0.5) is 14.5 Å². The molecule has 0 radical (unpaired) electrons. The van der Waals surface area contributed by atoms with E-state index in [1.807, 2.05) is 0 Å². The van der Waals surface area contributed by atoms with Crippen LogP contribution in [-0.4, -0.2) is 6.54 Å². The summed E-state index contributed by atoms with van der Waals surface area (Å²) in [7, 11) is 0. The number of rotatable bonds is 4. The van der Waals surface area contributed by atoms with Gasteiger partial charge in [0.05, 0.1) is 0 Å². The first-order chi connectivity index (χ1) is 6.77. The van der Waals surface area contributed by atoms with E-state index in [0.29, 0.717) is 6.54 Å². The van der Waals surface area contributed by atoms with Crippen molar-refractivity contribution in [1.29, 1.82) is 0 Å². The zero-order valence-corrected chi connectivity index (χ0v) is 7.89. The fraction of sp³-hybridized carbons (Fsp3) is 0.455. The van der Waals surface area contributed by atoms with Gasteiger partial charge in [0.2, 0.25) is 0 Å². The Labute approximate surface area is 82.1 Å². The quantitative estimate of drug-likeness (QED) is 0.781.